The minimum Gasteiger partial charge on any atom is -0.457 e. The van der Waals surface area contributed by atoms with Crippen molar-refractivity contribution in [2.75, 3.05) is 0 Å². The highest BCUT2D eigenvalue weighted by atomic mass is 35.5. The molecule has 0 radical (unpaired) electrons. The van der Waals surface area contributed by atoms with Crippen LogP contribution < -0.4 is 4.74 Å². The second-order valence-electron chi connectivity index (χ2n) is 6.61. The number of nitrogens with zero attached hydrogens (tertiary/aromatic N) is 3. The van der Waals surface area contributed by atoms with Crippen LogP contribution in [0.1, 0.15) is 29.8 Å². The Balaban J connectivity index is 1.71. The number of halogens is 2. The average molecular weight is 425 g/mol. The molecule has 2 aromatic carbocycles. The summed E-state index contributed by atoms with van der Waals surface area (Å²) in [6, 6.07) is 14.3. The fourth-order valence-corrected chi connectivity index (χ4v) is 3.54. The van der Waals surface area contributed by atoms with Crippen molar-refractivity contribution in [3.05, 3.63) is 82.4 Å². The lowest BCUT2D eigenvalue weighted by molar-refractivity contribution is -0.361. The van der Waals surface area contributed by atoms with Gasteiger partial charge in [0.05, 0.1) is 16.3 Å². The van der Waals surface area contributed by atoms with Gasteiger partial charge in [-0.1, -0.05) is 41.4 Å². The number of benzene rings is 2. The van der Waals surface area contributed by atoms with Crippen molar-refractivity contribution in [3.63, 3.8) is 0 Å². The van der Waals surface area contributed by atoms with Gasteiger partial charge in [0.1, 0.15) is 28.4 Å². The van der Waals surface area contributed by atoms with E-state index in [1.807, 2.05) is 48.8 Å². The third kappa shape index (κ3) is 3.67. The van der Waals surface area contributed by atoms with Crippen LogP contribution in [0.25, 0.3) is 5.57 Å². The van der Waals surface area contributed by atoms with Gasteiger partial charge < -0.3 is 4.74 Å². The Morgan fingerprint density at radius 3 is 2.45 bits per heavy atom. The van der Waals surface area contributed by atoms with Crippen molar-refractivity contribution in [2.45, 2.75) is 13.8 Å². The van der Waals surface area contributed by atoms with E-state index in [1.165, 1.54) is 6.33 Å². The largest absolute Gasteiger partial charge is 0.457 e. The number of aromatic nitrogens is 2. The molecule has 0 aliphatic carbocycles. The first-order valence-corrected chi connectivity index (χ1v) is 9.60. The van der Waals surface area contributed by atoms with Gasteiger partial charge in [-0.2, -0.15) is 4.98 Å². The summed E-state index contributed by atoms with van der Waals surface area (Å²) in [7, 11) is 0. The van der Waals surface area contributed by atoms with Crippen LogP contribution in [-0.2, 0) is 0 Å². The van der Waals surface area contributed by atoms with Gasteiger partial charge in [-0.05, 0) is 43.1 Å². The number of ether oxygens (including phenoxy) is 1. The molecule has 1 aromatic heterocycles. The number of carbonyl (C=O) groups is 1. The molecule has 1 aliphatic heterocycles. The minimum absolute atomic E-state index is 0.221. The van der Waals surface area contributed by atoms with E-state index < -0.39 is 0 Å². The summed E-state index contributed by atoms with van der Waals surface area (Å²) in [5, 5.41) is 0.507. The molecule has 1 aliphatic rings. The predicted octanol–water partition coefficient (Wildman–Crippen LogP) is 5.94. The smallest absolute Gasteiger partial charge is 0.340 e. The van der Waals surface area contributed by atoms with E-state index in [4.69, 9.17) is 27.9 Å². The van der Waals surface area contributed by atoms with E-state index in [9.17, 15) is 4.79 Å². The van der Waals surface area contributed by atoms with Gasteiger partial charge in [-0.25, -0.2) is 4.58 Å². The van der Waals surface area contributed by atoms with Gasteiger partial charge >= 0.3 is 5.82 Å². The van der Waals surface area contributed by atoms with E-state index >= 15 is 0 Å². The highest BCUT2D eigenvalue weighted by Crippen LogP contribution is 2.39. The topological polar surface area (TPSA) is 55.1 Å². The molecule has 0 fully saturated rings. The van der Waals surface area contributed by atoms with Gasteiger partial charge in [0, 0.05) is 11.6 Å². The SMILES string of the molecule is CC(C)=[N+]1C=C(C(=O)c2ccc(Oc3ccccc3)cc2Cl)c2c(Cl)ncnc21. The molecule has 0 spiro atoms. The number of hydrogen-bond acceptors (Lipinski definition) is 4. The summed E-state index contributed by atoms with van der Waals surface area (Å²) in [6.07, 6.45) is 3.09. The molecule has 144 valence electrons. The number of hydrogen-bond donors (Lipinski definition) is 0. The molecule has 0 unspecified atom stereocenters. The number of para-hydroxylation sites is 1. The van der Waals surface area contributed by atoms with Crippen molar-refractivity contribution in [3.8, 4) is 11.5 Å². The molecule has 3 aromatic rings. The molecule has 29 heavy (non-hydrogen) atoms. The molecule has 0 atom stereocenters. The molecule has 7 heteroatoms. The van der Waals surface area contributed by atoms with Gasteiger partial charge in [0.15, 0.2) is 5.78 Å². The molecule has 0 saturated heterocycles. The third-order valence-electron chi connectivity index (χ3n) is 4.43. The Morgan fingerprint density at radius 2 is 1.76 bits per heavy atom. The summed E-state index contributed by atoms with van der Waals surface area (Å²) in [5.41, 5.74) is 2.19. The lowest BCUT2D eigenvalue weighted by Crippen LogP contribution is -2.04. The molecule has 0 N–H and O–H groups in total. The molecule has 0 saturated carbocycles. The van der Waals surface area contributed by atoms with Crippen LogP contribution in [0.2, 0.25) is 10.2 Å². The Hall–Kier alpha value is -3.02. The van der Waals surface area contributed by atoms with Crippen LogP contribution in [0.15, 0.2) is 61.1 Å². The molecule has 2 heterocycles. The van der Waals surface area contributed by atoms with Crippen LogP contribution in [0.5, 0.6) is 11.5 Å². The summed E-state index contributed by atoms with van der Waals surface area (Å²) in [5.74, 6) is 1.54. The second kappa shape index (κ2) is 7.78. The Labute approximate surface area is 177 Å². The maximum atomic E-state index is 13.3. The Bertz CT molecular complexity index is 1180. The Morgan fingerprint density at radius 1 is 1.00 bits per heavy atom. The Kier molecular flexibility index (Phi) is 5.18. The second-order valence-corrected chi connectivity index (χ2v) is 7.37. The number of carbonyl (C=O) groups excluding carboxylic acids is 1. The monoisotopic (exact) mass is 424 g/mol. The maximum Gasteiger partial charge on any atom is 0.340 e. The van der Waals surface area contributed by atoms with Crippen molar-refractivity contribution in [1.82, 2.24) is 9.97 Å². The molecular weight excluding hydrogens is 409 g/mol. The van der Waals surface area contributed by atoms with Crippen LogP contribution in [0.4, 0.5) is 5.82 Å². The molecule has 4 rings (SSSR count). The fourth-order valence-electron chi connectivity index (χ4n) is 3.05. The number of ketones is 1. The zero-order valence-corrected chi connectivity index (χ0v) is 17.2. The zero-order chi connectivity index (χ0) is 20.5. The van der Waals surface area contributed by atoms with Crippen molar-refractivity contribution >= 4 is 46.1 Å². The highest BCUT2D eigenvalue weighted by molar-refractivity contribution is 6.41. The molecular formula is C22H16Cl2N3O2+. The van der Waals surface area contributed by atoms with Gasteiger partial charge in [0.2, 0.25) is 6.33 Å². The minimum atomic E-state index is -0.261. The third-order valence-corrected chi connectivity index (χ3v) is 5.03. The van der Waals surface area contributed by atoms with E-state index in [-0.39, 0.29) is 16.0 Å². The highest BCUT2D eigenvalue weighted by Gasteiger charge is 2.35. The average Bonchev–Trinajstić information content (AvgIpc) is 3.10. The van der Waals surface area contributed by atoms with E-state index in [0.717, 1.165) is 5.71 Å². The van der Waals surface area contributed by atoms with Crippen LogP contribution in [-0.4, -0.2) is 26.0 Å². The van der Waals surface area contributed by atoms with E-state index in [1.54, 1.807) is 24.4 Å². The van der Waals surface area contributed by atoms with Crippen molar-refractivity contribution in [1.29, 1.82) is 0 Å². The zero-order valence-electron chi connectivity index (χ0n) is 15.7. The number of rotatable bonds is 4. The van der Waals surface area contributed by atoms with Crippen LogP contribution >= 0.6 is 23.2 Å². The van der Waals surface area contributed by atoms with E-state index in [0.29, 0.717) is 34.0 Å². The van der Waals surface area contributed by atoms with E-state index in [2.05, 4.69) is 9.97 Å². The quantitative estimate of drug-likeness (QED) is 0.295. The standard InChI is InChI=1S/C22H16Cl2N3O2/c1-13(2)27-11-17(19-21(24)25-12-26-22(19)27)20(28)16-9-8-15(10-18(16)23)29-14-6-4-3-5-7-14/h3-12H,1-2H3/q+1. The van der Waals surface area contributed by atoms with Crippen LogP contribution in [0, 0.1) is 0 Å². The lowest BCUT2D eigenvalue weighted by atomic mass is 10.00. The summed E-state index contributed by atoms with van der Waals surface area (Å²) in [4.78, 5) is 21.6. The summed E-state index contributed by atoms with van der Waals surface area (Å²) in [6.45, 7) is 3.85. The first-order chi connectivity index (χ1) is 14.0. The fraction of sp³-hybridized carbons (Fsp3) is 0.0909. The number of allylic oxidation sites excluding steroid dienone is 1. The number of Topliss-reactive ketones (excluding diaryl/α,β-unsaturated/α-hetero) is 1. The summed E-state index contributed by atoms with van der Waals surface area (Å²) < 4.78 is 7.60. The van der Waals surface area contributed by atoms with Gasteiger partial charge in [-0.3, -0.25) is 4.79 Å². The molecule has 0 amide bonds. The normalized spacial score (nSPS) is 12.4. The molecule has 5 nitrogen and oxygen atoms in total. The number of fused-ring (bicyclic) bond motifs is 1. The first kappa shape index (κ1) is 19.3. The van der Waals surface area contributed by atoms with Crippen LogP contribution in [0.3, 0.4) is 0 Å². The van der Waals surface area contributed by atoms with Crippen molar-refractivity contribution in [2.24, 2.45) is 0 Å². The predicted molar refractivity (Wildman–Crippen MR) is 114 cm³/mol. The molecule has 0 bridgehead atoms. The lowest BCUT2D eigenvalue weighted by Gasteiger charge is -2.09. The van der Waals surface area contributed by atoms with Gasteiger partial charge in [0.25, 0.3) is 0 Å². The van der Waals surface area contributed by atoms with Crippen molar-refractivity contribution < 1.29 is 14.1 Å². The van der Waals surface area contributed by atoms with Gasteiger partial charge in [-0.15, -0.1) is 0 Å². The first-order valence-electron chi connectivity index (χ1n) is 8.85. The maximum absolute atomic E-state index is 13.3. The summed E-state index contributed by atoms with van der Waals surface area (Å²) >= 11 is 12.7.